The van der Waals surface area contributed by atoms with Gasteiger partial charge >= 0.3 is 0 Å². The molecule has 0 aromatic carbocycles. The van der Waals surface area contributed by atoms with Gasteiger partial charge in [0.15, 0.2) is 0 Å². The van der Waals surface area contributed by atoms with Crippen LogP contribution in [0.1, 0.15) is 31.4 Å². The predicted octanol–water partition coefficient (Wildman–Crippen LogP) is 1.60. The number of carbonyl (C=O) groups is 1. The number of amides is 1. The number of carbonyl (C=O) groups excluding carboxylic acids is 1. The summed E-state index contributed by atoms with van der Waals surface area (Å²) in [6.07, 6.45) is 6.44. The van der Waals surface area contributed by atoms with E-state index < -0.39 is 0 Å². The van der Waals surface area contributed by atoms with Crippen LogP contribution in [0, 0.1) is 5.92 Å². The van der Waals surface area contributed by atoms with Crippen LogP contribution in [0.2, 0.25) is 0 Å². The van der Waals surface area contributed by atoms with Crippen molar-refractivity contribution in [1.29, 1.82) is 0 Å². The molecule has 4 heteroatoms. The molecule has 1 aliphatic rings. The first kappa shape index (κ1) is 14.0. The SMILES string of the molecule is CN(CCc1ccccn1)C(=O)C1CCC(N)CC1. The minimum absolute atomic E-state index is 0.175. The summed E-state index contributed by atoms with van der Waals surface area (Å²) >= 11 is 0. The lowest BCUT2D eigenvalue weighted by atomic mass is 9.85. The van der Waals surface area contributed by atoms with Crippen molar-refractivity contribution in [1.82, 2.24) is 9.88 Å². The first-order chi connectivity index (χ1) is 9.16. The average molecular weight is 261 g/mol. The topological polar surface area (TPSA) is 59.2 Å². The number of nitrogens with zero attached hydrogens (tertiary/aromatic N) is 2. The number of hydrogen-bond acceptors (Lipinski definition) is 3. The predicted molar refractivity (Wildman–Crippen MR) is 75.5 cm³/mol. The summed E-state index contributed by atoms with van der Waals surface area (Å²) < 4.78 is 0. The molecule has 1 aromatic heterocycles. The molecule has 0 aliphatic heterocycles. The van der Waals surface area contributed by atoms with Crippen molar-refractivity contribution >= 4 is 5.91 Å². The Hall–Kier alpha value is -1.42. The van der Waals surface area contributed by atoms with Crippen molar-refractivity contribution in [3.63, 3.8) is 0 Å². The summed E-state index contributed by atoms with van der Waals surface area (Å²) in [6, 6.07) is 6.18. The summed E-state index contributed by atoms with van der Waals surface area (Å²) in [5.74, 6) is 0.441. The fourth-order valence-electron chi connectivity index (χ4n) is 2.62. The van der Waals surface area contributed by atoms with Crippen LogP contribution >= 0.6 is 0 Å². The van der Waals surface area contributed by atoms with E-state index in [-0.39, 0.29) is 11.8 Å². The number of aromatic nitrogens is 1. The van der Waals surface area contributed by atoms with E-state index in [1.54, 1.807) is 6.20 Å². The van der Waals surface area contributed by atoms with E-state index in [0.717, 1.165) is 44.3 Å². The average Bonchev–Trinajstić information content (AvgIpc) is 2.46. The lowest BCUT2D eigenvalue weighted by Gasteiger charge is -2.28. The Morgan fingerprint density at radius 1 is 1.37 bits per heavy atom. The van der Waals surface area contributed by atoms with Gasteiger partial charge in [0.05, 0.1) is 0 Å². The third kappa shape index (κ3) is 4.03. The van der Waals surface area contributed by atoms with E-state index >= 15 is 0 Å². The van der Waals surface area contributed by atoms with Crippen molar-refractivity contribution in [2.45, 2.75) is 38.1 Å². The molecular weight excluding hydrogens is 238 g/mol. The summed E-state index contributed by atoms with van der Waals surface area (Å²) in [4.78, 5) is 18.4. The lowest BCUT2D eigenvalue weighted by Crippen LogP contribution is -2.38. The van der Waals surface area contributed by atoms with Crippen molar-refractivity contribution < 1.29 is 4.79 Å². The van der Waals surface area contributed by atoms with Crippen LogP contribution in [-0.2, 0) is 11.2 Å². The molecule has 0 saturated heterocycles. The number of pyridine rings is 1. The van der Waals surface area contributed by atoms with Crippen LogP contribution in [0.25, 0.3) is 0 Å². The van der Waals surface area contributed by atoms with Crippen molar-refractivity contribution in [3.05, 3.63) is 30.1 Å². The zero-order valence-electron chi connectivity index (χ0n) is 11.6. The highest BCUT2D eigenvalue weighted by atomic mass is 16.2. The zero-order chi connectivity index (χ0) is 13.7. The van der Waals surface area contributed by atoms with E-state index in [4.69, 9.17) is 5.73 Å². The number of rotatable bonds is 4. The van der Waals surface area contributed by atoms with Gasteiger partial charge in [-0.1, -0.05) is 6.07 Å². The Balaban J connectivity index is 1.79. The van der Waals surface area contributed by atoms with Gasteiger partial charge in [0.1, 0.15) is 0 Å². The molecule has 19 heavy (non-hydrogen) atoms. The highest BCUT2D eigenvalue weighted by Crippen LogP contribution is 2.24. The van der Waals surface area contributed by atoms with Crippen LogP contribution in [0.4, 0.5) is 0 Å². The minimum atomic E-state index is 0.175. The molecule has 0 spiro atoms. The first-order valence-electron chi connectivity index (χ1n) is 7.07. The third-order valence-corrected chi connectivity index (χ3v) is 3.93. The molecule has 1 amide bonds. The van der Waals surface area contributed by atoms with E-state index in [9.17, 15) is 4.79 Å². The fraction of sp³-hybridized carbons (Fsp3) is 0.600. The Labute approximate surface area is 115 Å². The van der Waals surface area contributed by atoms with Gasteiger partial charge in [0.25, 0.3) is 0 Å². The van der Waals surface area contributed by atoms with Gasteiger partial charge < -0.3 is 10.6 Å². The van der Waals surface area contributed by atoms with E-state index in [1.807, 2.05) is 30.1 Å². The van der Waals surface area contributed by atoms with Gasteiger partial charge in [-0.05, 0) is 37.8 Å². The third-order valence-electron chi connectivity index (χ3n) is 3.93. The molecule has 0 radical (unpaired) electrons. The van der Waals surface area contributed by atoms with Gasteiger partial charge in [-0.25, -0.2) is 0 Å². The van der Waals surface area contributed by atoms with Crippen LogP contribution in [0.5, 0.6) is 0 Å². The van der Waals surface area contributed by atoms with E-state index in [0.29, 0.717) is 6.04 Å². The molecule has 4 nitrogen and oxygen atoms in total. The van der Waals surface area contributed by atoms with E-state index in [1.165, 1.54) is 0 Å². The zero-order valence-corrected chi connectivity index (χ0v) is 11.6. The Morgan fingerprint density at radius 2 is 2.11 bits per heavy atom. The molecule has 0 bridgehead atoms. The maximum Gasteiger partial charge on any atom is 0.225 e. The molecule has 104 valence electrons. The second-order valence-corrected chi connectivity index (χ2v) is 5.44. The lowest BCUT2D eigenvalue weighted by molar-refractivity contribution is -0.135. The van der Waals surface area contributed by atoms with Crippen LogP contribution in [-0.4, -0.2) is 35.4 Å². The molecule has 1 saturated carbocycles. The smallest absolute Gasteiger partial charge is 0.225 e. The summed E-state index contributed by atoms with van der Waals surface area (Å²) in [5, 5.41) is 0. The maximum atomic E-state index is 12.3. The molecule has 0 unspecified atom stereocenters. The van der Waals surface area contributed by atoms with Crippen molar-refractivity contribution in [2.75, 3.05) is 13.6 Å². The van der Waals surface area contributed by atoms with Crippen LogP contribution in [0.15, 0.2) is 24.4 Å². The van der Waals surface area contributed by atoms with Crippen molar-refractivity contribution in [3.8, 4) is 0 Å². The summed E-state index contributed by atoms with van der Waals surface area (Å²) in [7, 11) is 1.89. The highest BCUT2D eigenvalue weighted by molar-refractivity contribution is 5.78. The van der Waals surface area contributed by atoms with Gasteiger partial charge in [0, 0.05) is 43.9 Å². The van der Waals surface area contributed by atoms with Gasteiger partial charge in [-0.15, -0.1) is 0 Å². The second-order valence-electron chi connectivity index (χ2n) is 5.44. The molecule has 0 atom stereocenters. The molecule has 1 aliphatic carbocycles. The summed E-state index contributed by atoms with van der Waals surface area (Å²) in [6.45, 7) is 0.735. The number of likely N-dealkylation sites (N-methyl/N-ethyl adjacent to an activating group) is 1. The summed E-state index contributed by atoms with van der Waals surface area (Å²) in [5.41, 5.74) is 6.91. The largest absolute Gasteiger partial charge is 0.345 e. The molecule has 1 heterocycles. The highest BCUT2D eigenvalue weighted by Gasteiger charge is 2.26. The monoisotopic (exact) mass is 261 g/mol. The Morgan fingerprint density at radius 3 is 2.74 bits per heavy atom. The van der Waals surface area contributed by atoms with Gasteiger partial charge in [-0.2, -0.15) is 0 Å². The van der Waals surface area contributed by atoms with E-state index in [2.05, 4.69) is 4.98 Å². The van der Waals surface area contributed by atoms with Crippen LogP contribution in [0.3, 0.4) is 0 Å². The molecular formula is C15H23N3O. The van der Waals surface area contributed by atoms with Gasteiger partial charge in [0.2, 0.25) is 5.91 Å². The van der Waals surface area contributed by atoms with Gasteiger partial charge in [-0.3, -0.25) is 9.78 Å². The molecule has 2 rings (SSSR count). The number of hydrogen-bond donors (Lipinski definition) is 1. The fourth-order valence-corrected chi connectivity index (χ4v) is 2.62. The molecule has 2 N–H and O–H groups in total. The normalized spacial score (nSPS) is 23.1. The Kier molecular flexibility index (Phi) is 4.91. The quantitative estimate of drug-likeness (QED) is 0.895. The Bertz CT molecular complexity index is 399. The number of nitrogens with two attached hydrogens (primary N) is 1. The second kappa shape index (κ2) is 6.66. The van der Waals surface area contributed by atoms with Crippen LogP contribution < -0.4 is 5.73 Å². The minimum Gasteiger partial charge on any atom is -0.345 e. The standard InChI is InChI=1S/C15H23N3O/c1-18(11-9-14-4-2-3-10-17-14)15(19)12-5-7-13(16)8-6-12/h2-4,10,12-13H,5-9,11,16H2,1H3. The molecule has 1 fully saturated rings. The van der Waals surface area contributed by atoms with Crippen molar-refractivity contribution in [2.24, 2.45) is 11.7 Å². The molecule has 1 aromatic rings. The maximum absolute atomic E-state index is 12.3. The first-order valence-corrected chi connectivity index (χ1v) is 7.07.